The molecule has 1 atom stereocenters. The summed E-state index contributed by atoms with van der Waals surface area (Å²) >= 11 is 0. The summed E-state index contributed by atoms with van der Waals surface area (Å²) in [6.07, 6.45) is 3.06. The summed E-state index contributed by atoms with van der Waals surface area (Å²) in [5.74, 6) is 0.758. The van der Waals surface area contributed by atoms with Crippen molar-refractivity contribution in [1.29, 1.82) is 0 Å². The smallest absolute Gasteiger partial charge is 0.251 e. The van der Waals surface area contributed by atoms with Crippen LogP contribution in [-0.4, -0.2) is 60.5 Å². The van der Waals surface area contributed by atoms with Crippen LogP contribution in [0.3, 0.4) is 0 Å². The Hall–Kier alpha value is -3.42. The van der Waals surface area contributed by atoms with Gasteiger partial charge in [0.2, 0.25) is 0 Å². The maximum atomic E-state index is 12.5. The topological polar surface area (TPSA) is 68.6 Å². The van der Waals surface area contributed by atoms with Gasteiger partial charge in [-0.25, -0.2) is 4.68 Å². The fourth-order valence-corrected chi connectivity index (χ4v) is 5.06. The lowest BCUT2D eigenvalue weighted by Gasteiger charge is -2.23. The molecule has 1 amide bonds. The van der Waals surface area contributed by atoms with Crippen LogP contribution in [0.4, 0.5) is 0 Å². The lowest BCUT2D eigenvalue weighted by atomic mass is 10.0. The van der Waals surface area contributed by atoms with E-state index in [-0.39, 0.29) is 12.1 Å². The van der Waals surface area contributed by atoms with E-state index in [2.05, 4.69) is 55.3 Å². The van der Waals surface area contributed by atoms with E-state index >= 15 is 0 Å². The summed E-state index contributed by atoms with van der Waals surface area (Å²) in [4.78, 5) is 14.9. The van der Waals surface area contributed by atoms with E-state index in [9.17, 15) is 4.79 Å². The number of benzene rings is 3. The molecule has 1 aromatic heterocycles. The van der Waals surface area contributed by atoms with Gasteiger partial charge in [-0.2, -0.15) is 5.10 Å². The third-order valence-corrected chi connectivity index (χ3v) is 7.40. The molecule has 0 aliphatic carbocycles. The van der Waals surface area contributed by atoms with Crippen molar-refractivity contribution in [1.82, 2.24) is 20.0 Å². The zero-order chi connectivity index (χ0) is 27.8. The standard InChI is InChI=1S/C26H27N3O3.C6H15N/c1-3-27-26(30)20-10-12-23-22(16-20)25(28-29(23)24-6-4-5-13-32-24)19-8-7-18-15-21(31-2)11-9-17(18)14-19;1-4-7(5-2)6-3/h7-12,14-16,24H,3-6,13H2,1-2H3,(H,27,30);4-6H2,1-3H3. The molecule has 4 aromatic rings. The van der Waals surface area contributed by atoms with Gasteiger partial charge >= 0.3 is 0 Å². The van der Waals surface area contributed by atoms with Gasteiger partial charge in [-0.15, -0.1) is 0 Å². The molecular formula is C32H42N4O3. The summed E-state index contributed by atoms with van der Waals surface area (Å²) < 4.78 is 13.4. The number of carbonyl (C=O) groups is 1. The van der Waals surface area contributed by atoms with Gasteiger partial charge in [0.15, 0.2) is 6.23 Å². The molecule has 0 saturated carbocycles. The zero-order valence-corrected chi connectivity index (χ0v) is 24.0. The van der Waals surface area contributed by atoms with Gasteiger partial charge in [-0.1, -0.05) is 39.0 Å². The Balaban J connectivity index is 0.000000448. The van der Waals surface area contributed by atoms with E-state index in [0.29, 0.717) is 12.1 Å². The summed E-state index contributed by atoms with van der Waals surface area (Å²) in [5, 5.41) is 11.1. The molecule has 39 heavy (non-hydrogen) atoms. The average Bonchev–Trinajstić information content (AvgIpc) is 3.37. The molecule has 1 aliphatic rings. The van der Waals surface area contributed by atoms with Crippen molar-refractivity contribution >= 4 is 27.6 Å². The second kappa shape index (κ2) is 13.6. The second-order valence-electron chi connectivity index (χ2n) is 9.75. The van der Waals surface area contributed by atoms with Gasteiger partial charge in [0, 0.05) is 29.7 Å². The van der Waals surface area contributed by atoms with E-state index in [1.54, 1.807) is 7.11 Å². The van der Waals surface area contributed by atoms with Crippen LogP contribution in [0.25, 0.3) is 32.9 Å². The van der Waals surface area contributed by atoms with Gasteiger partial charge < -0.3 is 19.7 Å². The van der Waals surface area contributed by atoms with Crippen LogP contribution < -0.4 is 10.1 Å². The van der Waals surface area contributed by atoms with Crippen LogP contribution in [-0.2, 0) is 4.74 Å². The van der Waals surface area contributed by atoms with Gasteiger partial charge in [0.1, 0.15) is 11.4 Å². The van der Waals surface area contributed by atoms with Gasteiger partial charge in [-0.3, -0.25) is 4.79 Å². The number of fused-ring (bicyclic) bond motifs is 2. The quantitative estimate of drug-likeness (QED) is 0.276. The number of hydrogen-bond donors (Lipinski definition) is 1. The maximum Gasteiger partial charge on any atom is 0.251 e. The molecule has 1 saturated heterocycles. The normalized spacial score (nSPS) is 15.3. The summed E-state index contributed by atoms with van der Waals surface area (Å²) in [6, 6.07) is 18.1. The molecule has 7 heteroatoms. The number of carbonyl (C=O) groups excluding carboxylic acids is 1. The predicted octanol–water partition coefficient (Wildman–Crippen LogP) is 6.66. The van der Waals surface area contributed by atoms with E-state index < -0.39 is 0 Å². The Morgan fingerprint density at radius 1 is 1.00 bits per heavy atom. The summed E-state index contributed by atoms with van der Waals surface area (Å²) in [7, 11) is 1.67. The molecule has 1 aliphatic heterocycles. The number of hydrogen-bond acceptors (Lipinski definition) is 5. The monoisotopic (exact) mass is 530 g/mol. The lowest BCUT2D eigenvalue weighted by Crippen LogP contribution is -2.22. The van der Waals surface area contributed by atoms with Crippen molar-refractivity contribution < 1.29 is 14.3 Å². The first kappa shape index (κ1) is 28.6. The molecule has 0 bridgehead atoms. The molecule has 3 aromatic carbocycles. The van der Waals surface area contributed by atoms with Crippen LogP contribution in [0.2, 0.25) is 0 Å². The second-order valence-corrected chi connectivity index (χ2v) is 9.75. The SMILES string of the molecule is CCN(CC)CC.CCNC(=O)c1ccc2c(c1)c(-c1ccc3cc(OC)ccc3c1)nn2C1CCCCO1. The molecule has 2 heterocycles. The van der Waals surface area contributed by atoms with E-state index in [4.69, 9.17) is 14.6 Å². The Morgan fingerprint density at radius 3 is 2.38 bits per heavy atom. The van der Waals surface area contributed by atoms with Crippen LogP contribution in [0.1, 0.15) is 63.5 Å². The highest BCUT2D eigenvalue weighted by Gasteiger charge is 2.22. The average molecular weight is 531 g/mol. The number of amides is 1. The highest BCUT2D eigenvalue weighted by Crippen LogP contribution is 2.35. The highest BCUT2D eigenvalue weighted by atomic mass is 16.5. The largest absolute Gasteiger partial charge is 0.497 e. The van der Waals surface area contributed by atoms with Crippen LogP contribution >= 0.6 is 0 Å². The molecular weight excluding hydrogens is 488 g/mol. The van der Waals surface area contributed by atoms with Gasteiger partial charge in [0.05, 0.1) is 12.6 Å². The van der Waals surface area contributed by atoms with Gasteiger partial charge in [0.25, 0.3) is 5.91 Å². The number of nitrogens with one attached hydrogen (secondary N) is 1. The number of aromatic nitrogens is 2. The van der Waals surface area contributed by atoms with Gasteiger partial charge in [-0.05, 0) is 93.0 Å². The van der Waals surface area contributed by atoms with Crippen molar-refractivity contribution in [3.63, 3.8) is 0 Å². The number of rotatable bonds is 8. The minimum atomic E-state index is -0.0833. The molecule has 1 N–H and O–H groups in total. The van der Waals surface area contributed by atoms with Crippen molar-refractivity contribution in [3.05, 3.63) is 60.2 Å². The number of ether oxygens (including phenoxy) is 2. The van der Waals surface area contributed by atoms with E-state index in [1.807, 2.05) is 41.9 Å². The molecule has 7 nitrogen and oxygen atoms in total. The Morgan fingerprint density at radius 2 is 1.74 bits per heavy atom. The third kappa shape index (κ3) is 6.60. The van der Waals surface area contributed by atoms with Crippen molar-refractivity contribution in [2.24, 2.45) is 0 Å². The summed E-state index contributed by atoms with van der Waals surface area (Å²) in [6.45, 7) is 13.4. The molecule has 208 valence electrons. The van der Waals surface area contributed by atoms with Crippen LogP contribution in [0.5, 0.6) is 5.75 Å². The lowest BCUT2D eigenvalue weighted by molar-refractivity contribution is -0.0365. The fourth-order valence-electron chi connectivity index (χ4n) is 5.06. The Bertz CT molecular complexity index is 1380. The highest BCUT2D eigenvalue weighted by molar-refractivity contribution is 6.02. The maximum absolute atomic E-state index is 12.5. The minimum Gasteiger partial charge on any atom is -0.497 e. The number of nitrogens with zero attached hydrogens (tertiary/aromatic N) is 3. The minimum absolute atomic E-state index is 0.0763. The molecule has 5 rings (SSSR count). The molecule has 0 spiro atoms. The van der Waals surface area contributed by atoms with Crippen molar-refractivity contribution in [2.75, 3.05) is 39.9 Å². The first-order chi connectivity index (χ1) is 19.0. The number of methoxy groups -OCH3 is 1. The fraction of sp³-hybridized carbons (Fsp3) is 0.438. The third-order valence-electron chi connectivity index (χ3n) is 7.40. The predicted molar refractivity (Wildman–Crippen MR) is 160 cm³/mol. The first-order valence-electron chi connectivity index (χ1n) is 14.2. The zero-order valence-electron chi connectivity index (χ0n) is 24.0. The van der Waals surface area contributed by atoms with Crippen molar-refractivity contribution in [3.8, 4) is 17.0 Å². The Kier molecular flexibility index (Phi) is 9.96. The van der Waals surface area contributed by atoms with E-state index in [0.717, 1.165) is 64.6 Å². The van der Waals surface area contributed by atoms with Crippen LogP contribution in [0, 0.1) is 0 Å². The molecule has 0 radical (unpaired) electrons. The summed E-state index contributed by atoms with van der Waals surface area (Å²) in [5.41, 5.74) is 3.48. The first-order valence-corrected chi connectivity index (χ1v) is 14.2. The molecule has 1 fully saturated rings. The molecule has 1 unspecified atom stereocenters. The van der Waals surface area contributed by atoms with Crippen molar-refractivity contribution in [2.45, 2.75) is 53.2 Å². The van der Waals surface area contributed by atoms with E-state index in [1.165, 1.54) is 19.6 Å². The Labute approximate surface area is 232 Å². The van der Waals surface area contributed by atoms with Crippen LogP contribution in [0.15, 0.2) is 54.6 Å².